The van der Waals surface area contributed by atoms with E-state index in [1.54, 1.807) is 6.20 Å². The summed E-state index contributed by atoms with van der Waals surface area (Å²) in [5, 5.41) is 1.20. The summed E-state index contributed by atoms with van der Waals surface area (Å²) < 4.78 is 0. The fourth-order valence-corrected chi connectivity index (χ4v) is 5.10. The number of anilines is 1. The Kier molecular flexibility index (Phi) is 6.53. The van der Waals surface area contributed by atoms with Gasteiger partial charge in [0.05, 0.1) is 5.52 Å². The van der Waals surface area contributed by atoms with Crippen LogP contribution in [0.3, 0.4) is 0 Å². The zero-order valence-electron chi connectivity index (χ0n) is 19.5. The van der Waals surface area contributed by atoms with E-state index in [9.17, 15) is 4.79 Å². The summed E-state index contributed by atoms with van der Waals surface area (Å²) in [5.41, 5.74) is 3.18. The molecule has 172 valence electrons. The number of benzene rings is 1. The van der Waals surface area contributed by atoms with Gasteiger partial charge in [-0.2, -0.15) is 0 Å². The molecule has 1 atom stereocenters. The van der Waals surface area contributed by atoms with Gasteiger partial charge in [-0.3, -0.25) is 9.78 Å². The van der Waals surface area contributed by atoms with E-state index in [-0.39, 0.29) is 5.91 Å². The van der Waals surface area contributed by atoms with Gasteiger partial charge in [-0.15, -0.1) is 0 Å². The first-order chi connectivity index (χ1) is 16.2. The van der Waals surface area contributed by atoms with E-state index >= 15 is 0 Å². The number of hydrogen-bond acceptors (Lipinski definition) is 5. The monoisotopic (exact) mass is 443 g/mol. The predicted molar refractivity (Wildman–Crippen MR) is 133 cm³/mol. The Morgan fingerprint density at radius 2 is 1.82 bits per heavy atom. The van der Waals surface area contributed by atoms with Gasteiger partial charge in [0.1, 0.15) is 5.82 Å². The smallest absolute Gasteiger partial charge is 0.254 e. The van der Waals surface area contributed by atoms with Crippen LogP contribution in [0.1, 0.15) is 35.2 Å². The van der Waals surface area contributed by atoms with Crippen molar-refractivity contribution in [1.82, 2.24) is 19.8 Å². The molecule has 6 heteroatoms. The molecule has 5 rings (SSSR count). The summed E-state index contributed by atoms with van der Waals surface area (Å²) in [4.78, 5) is 29.0. The number of likely N-dealkylation sites (N-methyl/N-ethyl adjacent to an activating group) is 1. The third-order valence-electron chi connectivity index (χ3n) is 7.15. The molecule has 0 saturated carbocycles. The molecule has 6 nitrogen and oxygen atoms in total. The van der Waals surface area contributed by atoms with Crippen molar-refractivity contribution in [2.24, 2.45) is 5.92 Å². The van der Waals surface area contributed by atoms with Gasteiger partial charge in [-0.05, 0) is 74.5 Å². The minimum Gasteiger partial charge on any atom is -0.354 e. The van der Waals surface area contributed by atoms with Crippen LogP contribution in [0.15, 0.2) is 54.9 Å². The molecule has 0 spiro atoms. The number of carbonyl (C=O) groups excluding carboxylic acids is 1. The molecule has 0 N–H and O–H groups in total. The maximum atomic E-state index is 13.3. The minimum absolute atomic E-state index is 0.144. The van der Waals surface area contributed by atoms with Crippen LogP contribution >= 0.6 is 0 Å². The van der Waals surface area contributed by atoms with Gasteiger partial charge in [0.2, 0.25) is 0 Å². The number of carbonyl (C=O) groups is 1. The van der Waals surface area contributed by atoms with E-state index < -0.39 is 0 Å². The highest BCUT2D eigenvalue weighted by atomic mass is 16.2. The molecule has 0 unspecified atom stereocenters. The lowest BCUT2D eigenvalue weighted by Crippen LogP contribution is -2.44. The first-order valence-electron chi connectivity index (χ1n) is 12.2. The average Bonchev–Trinajstić information content (AvgIpc) is 3.09. The third kappa shape index (κ3) is 5.17. The van der Waals surface area contributed by atoms with Gasteiger partial charge < -0.3 is 14.7 Å². The Labute approximate surface area is 196 Å². The molecule has 0 radical (unpaired) electrons. The van der Waals surface area contributed by atoms with E-state index in [1.807, 2.05) is 29.3 Å². The first-order valence-corrected chi connectivity index (χ1v) is 12.2. The number of likely N-dealkylation sites (tertiary alicyclic amines) is 1. The van der Waals surface area contributed by atoms with E-state index in [4.69, 9.17) is 0 Å². The number of aromatic nitrogens is 2. The second-order valence-electron chi connectivity index (χ2n) is 9.52. The van der Waals surface area contributed by atoms with Crippen molar-refractivity contribution in [3.05, 3.63) is 66.0 Å². The Morgan fingerprint density at radius 3 is 2.70 bits per heavy atom. The number of amides is 1. The number of piperazine rings is 1. The van der Waals surface area contributed by atoms with Crippen molar-refractivity contribution in [3.8, 4) is 0 Å². The summed E-state index contributed by atoms with van der Waals surface area (Å²) in [6, 6.07) is 14.6. The van der Waals surface area contributed by atoms with Crippen molar-refractivity contribution < 1.29 is 4.79 Å². The van der Waals surface area contributed by atoms with E-state index in [1.165, 1.54) is 10.9 Å². The molecular formula is C27H33N5O. The highest BCUT2D eigenvalue weighted by Gasteiger charge is 2.23. The molecule has 2 aromatic heterocycles. The Balaban J connectivity index is 1.21. The fourth-order valence-electron chi connectivity index (χ4n) is 5.10. The Morgan fingerprint density at radius 1 is 0.939 bits per heavy atom. The zero-order chi connectivity index (χ0) is 22.6. The molecule has 3 aromatic rings. The molecule has 2 aliphatic rings. The van der Waals surface area contributed by atoms with Crippen LogP contribution in [0, 0.1) is 5.92 Å². The van der Waals surface area contributed by atoms with Crippen LogP contribution in [0.25, 0.3) is 10.9 Å². The van der Waals surface area contributed by atoms with Gasteiger partial charge >= 0.3 is 0 Å². The Bertz CT molecular complexity index is 1110. The maximum absolute atomic E-state index is 13.3. The molecule has 1 aromatic carbocycles. The van der Waals surface area contributed by atoms with Crippen LogP contribution in [0.2, 0.25) is 0 Å². The highest BCUT2D eigenvalue weighted by Crippen LogP contribution is 2.25. The molecule has 0 aliphatic carbocycles. The molecule has 0 bridgehead atoms. The normalized spacial score (nSPS) is 20.1. The van der Waals surface area contributed by atoms with Crippen molar-refractivity contribution in [1.29, 1.82) is 0 Å². The largest absolute Gasteiger partial charge is 0.354 e. The second-order valence-corrected chi connectivity index (χ2v) is 9.52. The van der Waals surface area contributed by atoms with Gasteiger partial charge in [0.25, 0.3) is 5.91 Å². The van der Waals surface area contributed by atoms with Crippen LogP contribution < -0.4 is 4.90 Å². The van der Waals surface area contributed by atoms with Gasteiger partial charge in [-0.25, -0.2) is 4.98 Å². The molecular weight excluding hydrogens is 410 g/mol. The van der Waals surface area contributed by atoms with Gasteiger partial charge in [-0.1, -0.05) is 12.1 Å². The second kappa shape index (κ2) is 9.87. The topological polar surface area (TPSA) is 52.6 Å². The molecule has 1 amide bonds. The van der Waals surface area contributed by atoms with E-state index in [2.05, 4.69) is 51.1 Å². The molecule has 2 fully saturated rings. The van der Waals surface area contributed by atoms with E-state index in [0.29, 0.717) is 5.92 Å². The van der Waals surface area contributed by atoms with E-state index in [0.717, 1.165) is 81.8 Å². The minimum atomic E-state index is 0.144. The molecule has 4 heterocycles. The summed E-state index contributed by atoms with van der Waals surface area (Å²) >= 11 is 0. The number of rotatable bonds is 4. The van der Waals surface area contributed by atoms with Gasteiger partial charge in [0.15, 0.2) is 0 Å². The lowest BCUT2D eigenvalue weighted by molar-refractivity contribution is 0.0760. The number of nitrogens with zero attached hydrogens (tertiary/aromatic N) is 5. The van der Waals surface area contributed by atoms with Crippen molar-refractivity contribution >= 4 is 22.6 Å². The average molecular weight is 444 g/mol. The summed E-state index contributed by atoms with van der Waals surface area (Å²) in [7, 11) is 2.15. The van der Waals surface area contributed by atoms with Gasteiger partial charge in [0, 0.05) is 62.6 Å². The zero-order valence-corrected chi connectivity index (χ0v) is 19.5. The number of hydrogen-bond donors (Lipinski definition) is 0. The van der Waals surface area contributed by atoms with Crippen LogP contribution in [-0.4, -0.2) is 72.0 Å². The van der Waals surface area contributed by atoms with Crippen molar-refractivity contribution in [3.63, 3.8) is 0 Å². The highest BCUT2D eigenvalue weighted by molar-refractivity contribution is 5.94. The molecule has 2 saturated heterocycles. The van der Waals surface area contributed by atoms with Crippen LogP contribution in [0.4, 0.5) is 5.82 Å². The number of pyridine rings is 2. The van der Waals surface area contributed by atoms with Crippen LogP contribution in [-0.2, 0) is 6.42 Å². The number of fused-ring (bicyclic) bond motifs is 1. The maximum Gasteiger partial charge on any atom is 0.254 e. The standard InChI is InChI=1S/C27H33N5O/c1-30-14-16-31(17-15-30)26-20-24(8-11-29-26)27(33)32-12-3-4-21(9-13-32)18-22-6-7-25-23(19-22)5-2-10-28-25/h2,5-8,10-11,19-21H,3-4,9,12-18H2,1H3/t21-/m0/s1. The van der Waals surface area contributed by atoms with Crippen molar-refractivity contribution in [2.75, 3.05) is 51.2 Å². The molecule has 2 aliphatic heterocycles. The predicted octanol–water partition coefficient (Wildman–Crippen LogP) is 3.87. The lowest BCUT2D eigenvalue weighted by atomic mass is 9.92. The quantitative estimate of drug-likeness (QED) is 0.613. The third-order valence-corrected chi connectivity index (χ3v) is 7.15. The van der Waals surface area contributed by atoms with Crippen molar-refractivity contribution in [2.45, 2.75) is 25.7 Å². The Hall–Kier alpha value is -2.99. The first kappa shape index (κ1) is 21.8. The van der Waals surface area contributed by atoms with Crippen LogP contribution in [0.5, 0.6) is 0 Å². The summed E-state index contributed by atoms with van der Waals surface area (Å²) in [6.45, 7) is 5.63. The SMILES string of the molecule is CN1CCN(c2cc(C(=O)N3CCC[C@H](Cc4ccc5ncccc5c4)CC3)ccn2)CC1. The molecule has 33 heavy (non-hydrogen) atoms. The fraction of sp³-hybridized carbons (Fsp3) is 0.444. The summed E-state index contributed by atoms with van der Waals surface area (Å²) in [5.74, 6) is 1.67. The lowest BCUT2D eigenvalue weighted by Gasteiger charge is -2.33. The summed E-state index contributed by atoms with van der Waals surface area (Å²) in [6.07, 6.45) is 7.97.